The molecule has 96 valence electrons. The molecule has 0 unspecified atom stereocenters. The molecule has 1 aliphatic rings. The fourth-order valence-corrected chi connectivity index (χ4v) is 3.05. The van der Waals surface area contributed by atoms with E-state index in [1.54, 1.807) is 4.90 Å². The maximum absolute atomic E-state index is 11.8. The Kier molecular flexibility index (Phi) is 4.29. The lowest BCUT2D eigenvalue weighted by Crippen LogP contribution is -2.34. The largest absolute Gasteiger partial charge is 0.324 e. The Morgan fingerprint density at radius 1 is 1.56 bits per heavy atom. The van der Waals surface area contributed by atoms with Crippen molar-refractivity contribution in [3.63, 3.8) is 0 Å². The predicted molar refractivity (Wildman–Crippen MR) is 76.5 cm³/mol. The lowest BCUT2D eigenvalue weighted by molar-refractivity contribution is -0.130. The van der Waals surface area contributed by atoms with Gasteiger partial charge in [0, 0.05) is 10.2 Å². The van der Waals surface area contributed by atoms with Crippen LogP contribution < -0.4 is 5.32 Å². The minimum Gasteiger partial charge on any atom is -0.324 e. The number of thioether (sulfide) groups is 1. The second kappa shape index (κ2) is 5.75. The van der Waals surface area contributed by atoms with Crippen molar-refractivity contribution in [1.82, 2.24) is 4.90 Å². The first-order chi connectivity index (χ1) is 8.56. The zero-order valence-electron chi connectivity index (χ0n) is 9.90. The molecule has 1 aromatic rings. The zero-order valence-corrected chi connectivity index (χ0v) is 12.3. The number of carbonyl (C=O) groups is 2. The number of carbonyl (C=O) groups excluding carboxylic acids is 2. The van der Waals surface area contributed by atoms with Crippen molar-refractivity contribution in [1.29, 1.82) is 0 Å². The smallest absolute Gasteiger partial charge is 0.244 e. The number of anilines is 1. The highest BCUT2D eigenvalue weighted by atomic mass is 79.9. The number of rotatable bonds is 3. The Hall–Kier alpha value is -1.01. The van der Waals surface area contributed by atoms with Crippen LogP contribution in [0.25, 0.3) is 0 Å². The molecule has 2 rings (SSSR count). The van der Waals surface area contributed by atoms with Gasteiger partial charge in [-0.15, -0.1) is 11.8 Å². The molecule has 0 spiro atoms. The summed E-state index contributed by atoms with van der Waals surface area (Å²) < 4.78 is 0.976. The van der Waals surface area contributed by atoms with E-state index in [4.69, 9.17) is 0 Å². The summed E-state index contributed by atoms with van der Waals surface area (Å²) >= 11 is 4.91. The zero-order chi connectivity index (χ0) is 13.1. The van der Waals surface area contributed by atoms with Gasteiger partial charge >= 0.3 is 0 Å². The van der Waals surface area contributed by atoms with Gasteiger partial charge in [0.25, 0.3) is 0 Å². The monoisotopic (exact) mass is 328 g/mol. The van der Waals surface area contributed by atoms with E-state index in [0.717, 1.165) is 15.7 Å². The van der Waals surface area contributed by atoms with Gasteiger partial charge in [-0.25, -0.2) is 0 Å². The van der Waals surface area contributed by atoms with Crippen LogP contribution in [0.15, 0.2) is 22.7 Å². The maximum atomic E-state index is 11.8. The highest BCUT2D eigenvalue weighted by Gasteiger charge is 2.22. The summed E-state index contributed by atoms with van der Waals surface area (Å²) in [7, 11) is 0. The summed E-state index contributed by atoms with van der Waals surface area (Å²) in [5.41, 5.74) is 1.77. The van der Waals surface area contributed by atoms with Crippen LogP contribution in [0.1, 0.15) is 5.56 Å². The summed E-state index contributed by atoms with van der Waals surface area (Å²) in [5.74, 6) is 0.954. The van der Waals surface area contributed by atoms with E-state index in [9.17, 15) is 9.59 Å². The van der Waals surface area contributed by atoms with Crippen molar-refractivity contribution in [3.05, 3.63) is 28.2 Å². The molecule has 0 saturated carbocycles. The van der Waals surface area contributed by atoms with Gasteiger partial charge in [0.2, 0.25) is 11.8 Å². The fraction of sp³-hybridized carbons (Fsp3) is 0.333. The number of hydrogen-bond acceptors (Lipinski definition) is 3. The first-order valence-electron chi connectivity index (χ1n) is 5.48. The third-order valence-corrected chi connectivity index (χ3v) is 4.06. The number of nitrogens with zero attached hydrogens (tertiary/aromatic N) is 1. The van der Waals surface area contributed by atoms with Gasteiger partial charge in [-0.05, 0) is 30.7 Å². The molecule has 1 N–H and O–H groups in total. The van der Waals surface area contributed by atoms with Crippen molar-refractivity contribution >= 4 is 45.2 Å². The molecule has 4 nitrogen and oxygen atoms in total. The molecule has 18 heavy (non-hydrogen) atoms. The van der Waals surface area contributed by atoms with Crippen LogP contribution in [0.2, 0.25) is 0 Å². The Balaban J connectivity index is 1.96. The minimum atomic E-state index is -0.156. The number of nitrogens with one attached hydrogen (secondary N) is 1. The van der Waals surface area contributed by atoms with Crippen LogP contribution in [0.3, 0.4) is 0 Å². The number of halogens is 1. The number of aryl methyl sites for hydroxylation is 1. The van der Waals surface area contributed by atoms with Crippen molar-refractivity contribution in [2.75, 3.05) is 23.5 Å². The average Bonchev–Trinajstić information content (AvgIpc) is 2.69. The molecule has 0 aliphatic carbocycles. The van der Waals surface area contributed by atoms with Crippen molar-refractivity contribution < 1.29 is 9.59 Å². The van der Waals surface area contributed by atoms with E-state index >= 15 is 0 Å². The molecule has 0 bridgehead atoms. The SMILES string of the molecule is Cc1cc(Br)ccc1NC(=O)CN1CSCC1=O. The van der Waals surface area contributed by atoms with Gasteiger partial charge in [0.05, 0.1) is 11.6 Å². The molecular weight excluding hydrogens is 316 g/mol. The second-order valence-corrected chi connectivity index (χ2v) is 5.95. The van der Waals surface area contributed by atoms with Crippen molar-refractivity contribution in [3.8, 4) is 0 Å². The Labute approximate surface area is 118 Å². The Morgan fingerprint density at radius 2 is 2.33 bits per heavy atom. The first kappa shape index (κ1) is 13.4. The number of hydrogen-bond donors (Lipinski definition) is 1. The van der Waals surface area contributed by atoms with E-state index in [1.807, 2.05) is 25.1 Å². The standard InChI is InChI=1S/C12H13BrN2O2S/c1-8-4-9(13)2-3-10(8)14-11(16)5-15-7-18-6-12(15)17/h2-4H,5-7H2,1H3,(H,14,16). The van der Waals surface area contributed by atoms with Gasteiger partial charge in [0.1, 0.15) is 6.54 Å². The quantitative estimate of drug-likeness (QED) is 0.925. The van der Waals surface area contributed by atoms with E-state index in [2.05, 4.69) is 21.2 Å². The fourth-order valence-electron chi connectivity index (χ4n) is 1.67. The van der Waals surface area contributed by atoms with E-state index in [1.165, 1.54) is 11.8 Å². The predicted octanol–water partition coefficient (Wildman–Crippen LogP) is 2.23. The van der Waals surface area contributed by atoms with Gasteiger partial charge in [-0.3, -0.25) is 9.59 Å². The number of amides is 2. The van der Waals surface area contributed by atoms with Gasteiger partial charge < -0.3 is 10.2 Å². The van der Waals surface area contributed by atoms with E-state index in [0.29, 0.717) is 11.6 Å². The molecule has 1 saturated heterocycles. The van der Waals surface area contributed by atoms with Crippen LogP contribution in [-0.4, -0.2) is 34.9 Å². The Morgan fingerprint density at radius 3 is 2.94 bits per heavy atom. The molecule has 0 atom stereocenters. The molecule has 1 aromatic carbocycles. The lowest BCUT2D eigenvalue weighted by Gasteiger charge is -2.15. The minimum absolute atomic E-state index is 0.0303. The number of benzene rings is 1. The van der Waals surface area contributed by atoms with Gasteiger partial charge in [-0.2, -0.15) is 0 Å². The van der Waals surface area contributed by atoms with Crippen molar-refractivity contribution in [2.24, 2.45) is 0 Å². The molecule has 0 radical (unpaired) electrons. The highest BCUT2D eigenvalue weighted by molar-refractivity contribution is 9.10. The lowest BCUT2D eigenvalue weighted by atomic mass is 10.2. The summed E-state index contributed by atoms with van der Waals surface area (Å²) in [6.07, 6.45) is 0. The topological polar surface area (TPSA) is 49.4 Å². The van der Waals surface area contributed by atoms with Crippen LogP contribution >= 0.6 is 27.7 Å². The normalized spacial score (nSPS) is 15.0. The summed E-state index contributed by atoms with van der Waals surface area (Å²) in [5, 5.41) is 2.82. The van der Waals surface area contributed by atoms with E-state index in [-0.39, 0.29) is 18.4 Å². The Bertz CT molecular complexity index is 493. The van der Waals surface area contributed by atoms with Gasteiger partial charge in [-0.1, -0.05) is 15.9 Å². The van der Waals surface area contributed by atoms with Crippen molar-refractivity contribution in [2.45, 2.75) is 6.92 Å². The molecule has 1 fully saturated rings. The molecule has 1 heterocycles. The summed E-state index contributed by atoms with van der Waals surface area (Å²) in [6.45, 7) is 2.05. The molecule has 1 aliphatic heterocycles. The van der Waals surface area contributed by atoms with Crippen LogP contribution in [0.5, 0.6) is 0 Å². The second-order valence-electron chi connectivity index (χ2n) is 4.08. The van der Waals surface area contributed by atoms with Gasteiger partial charge in [0.15, 0.2) is 0 Å². The maximum Gasteiger partial charge on any atom is 0.244 e. The van der Waals surface area contributed by atoms with E-state index < -0.39 is 0 Å². The molecule has 2 amide bonds. The summed E-state index contributed by atoms with van der Waals surface area (Å²) in [6, 6.07) is 5.66. The van der Waals surface area contributed by atoms with Crippen LogP contribution in [0.4, 0.5) is 5.69 Å². The molecule has 6 heteroatoms. The van der Waals surface area contributed by atoms with Crippen LogP contribution in [0, 0.1) is 6.92 Å². The third kappa shape index (κ3) is 3.26. The average molecular weight is 329 g/mol. The summed E-state index contributed by atoms with van der Waals surface area (Å²) in [4.78, 5) is 24.8. The molecular formula is C12H13BrN2O2S. The third-order valence-electron chi connectivity index (χ3n) is 2.62. The molecule has 0 aromatic heterocycles. The highest BCUT2D eigenvalue weighted by Crippen LogP contribution is 2.20. The first-order valence-corrected chi connectivity index (χ1v) is 7.42. The van der Waals surface area contributed by atoms with Crippen LogP contribution in [-0.2, 0) is 9.59 Å².